The van der Waals surface area contributed by atoms with Gasteiger partial charge in [-0.15, -0.1) is 0 Å². The molecule has 0 heterocycles. The molecular weight excluding hydrogens is 288 g/mol. The van der Waals surface area contributed by atoms with Crippen LogP contribution in [-0.2, 0) is 10.0 Å². The standard InChI is InChI=1S/C15H16N2O3S/c1-10-14(16)4-3-5-15(10)21(19,20)17-13-8-6-12(7-9-13)11(2)18/h3-9,17H,16H2,1-2H3. The molecule has 0 unspecified atom stereocenters. The van der Waals surface area contributed by atoms with Gasteiger partial charge in [0.1, 0.15) is 0 Å². The van der Waals surface area contributed by atoms with Crippen molar-refractivity contribution in [3.63, 3.8) is 0 Å². The van der Waals surface area contributed by atoms with Crippen LogP contribution in [0.3, 0.4) is 0 Å². The van der Waals surface area contributed by atoms with Crippen molar-refractivity contribution in [2.24, 2.45) is 0 Å². The first-order valence-corrected chi connectivity index (χ1v) is 7.78. The quantitative estimate of drug-likeness (QED) is 0.671. The lowest BCUT2D eigenvalue weighted by molar-refractivity contribution is 0.101. The molecule has 0 atom stereocenters. The van der Waals surface area contributed by atoms with E-state index in [-0.39, 0.29) is 10.7 Å². The molecule has 21 heavy (non-hydrogen) atoms. The van der Waals surface area contributed by atoms with Gasteiger partial charge in [0.25, 0.3) is 10.0 Å². The molecule has 0 saturated carbocycles. The number of anilines is 2. The molecule has 2 aromatic rings. The van der Waals surface area contributed by atoms with E-state index in [1.165, 1.54) is 13.0 Å². The van der Waals surface area contributed by atoms with Crippen molar-refractivity contribution < 1.29 is 13.2 Å². The van der Waals surface area contributed by atoms with E-state index in [1.54, 1.807) is 43.3 Å². The second-order valence-electron chi connectivity index (χ2n) is 4.71. The third kappa shape index (κ3) is 3.22. The molecule has 0 bridgehead atoms. The molecule has 0 spiro atoms. The van der Waals surface area contributed by atoms with Crippen molar-refractivity contribution in [1.29, 1.82) is 0 Å². The van der Waals surface area contributed by atoms with Crippen LogP contribution in [0, 0.1) is 6.92 Å². The molecule has 0 aromatic heterocycles. The van der Waals surface area contributed by atoms with Crippen LogP contribution in [0.1, 0.15) is 22.8 Å². The van der Waals surface area contributed by atoms with Crippen molar-refractivity contribution in [3.8, 4) is 0 Å². The van der Waals surface area contributed by atoms with E-state index in [2.05, 4.69) is 4.72 Å². The summed E-state index contributed by atoms with van der Waals surface area (Å²) in [7, 11) is -3.71. The summed E-state index contributed by atoms with van der Waals surface area (Å²) in [5.41, 5.74) is 7.58. The Morgan fingerprint density at radius 2 is 1.71 bits per heavy atom. The van der Waals surface area contributed by atoms with Gasteiger partial charge in [-0.25, -0.2) is 8.42 Å². The number of nitrogens with two attached hydrogens (primary N) is 1. The summed E-state index contributed by atoms with van der Waals surface area (Å²) in [5, 5.41) is 0. The Morgan fingerprint density at radius 3 is 2.29 bits per heavy atom. The summed E-state index contributed by atoms with van der Waals surface area (Å²) in [4.78, 5) is 11.3. The van der Waals surface area contributed by atoms with Crippen molar-refractivity contribution in [2.45, 2.75) is 18.7 Å². The van der Waals surface area contributed by atoms with Crippen LogP contribution in [0.5, 0.6) is 0 Å². The second kappa shape index (κ2) is 5.57. The Hall–Kier alpha value is -2.34. The van der Waals surface area contributed by atoms with Crippen molar-refractivity contribution in [1.82, 2.24) is 0 Å². The molecule has 0 aliphatic heterocycles. The maximum absolute atomic E-state index is 12.4. The van der Waals surface area contributed by atoms with Gasteiger partial charge >= 0.3 is 0 Å². The number of hydrogen-bond acceptors (Lipinski definition) is 4. The van der Waals surface area contributed by atoms with Gasteiger partial charge in [-0.1, -0.05) is 6.07 Å². The van der Waals surface area contributed by atoms with Gasteiger partial charge in [0.05, 0.1) is 4.90 Å². The van der Waals surface area contributed by atoms with E-state index in [0.717, 1.165) is 0 Å². The van der Waals surface area contributed by atoms with Crippen LogP contribution in [0.2, 0.25) is 0 Å². The van der Waals surface area contributed by atoms with Gasteiger partial charge in [0.15, 0.2) is 5.78 Å². The summed E-state index contributed by atoms with van der Waals surface area (Å²) in [6, 6.07) is 11.0. The maximum Gasteiger partial charge on any atom is 0.262 e. The van der Waals surface area contributed by atoms with E-state index in [1.807, 2.05) is 0 Å². The molecule has 5 nitrogen and oxygen atoms in total. The molecular formula is C15H16N2O3S. The predicted octanol–water partition coefficient (Wildman–Crippen LogP) is 2.58. The molecule has 0 fully saturated rings. The number of carbonyl (C=O) groups excluding carboxylic acids is 1. The smallest absolute Gasteiger partial charge is 0.262 e. The number of benzene rings is 2. The van der Waals surface area contributed by atoms with Crippen LogP contribution in [0.4, 0.5) is 11.4 Å². The Balaban J connectivity index is 2.33. The Morgan fingerprint density at radius 1 is 1.10 bits per heavy atom. The topological polar surface area (TPSA) is 89.3 Å². The monoisotopic (exact) mass is 304 g/mol. The van der Waals surface area contributed by atoms with Gasteiger partial charge < -0.3 is 5.73 Å². The minimum Gasteiger partial charge on any atom is -0.398 e. The lowest BCUT2D eigenvalue weighted by Gasteiger charge is -2.11. The van der Waals surface area contributed by atoms with E-state index >= 15 is 0 Å². The second-order valence-corrected chi connectivity index (χ2v) is 6.36. The number of nitrogens with one attached hydrogen (secondary N) is 1. The molecule has 0 amide bonds. The van der Waals surface area contributed by atoms with Gasteiger partial charge in [-0.3, -0.25) is 9.52 Å². The number of sulfonamides is 1. The van der Waals surface area contributed by atoms with Crippen LogP contribution in [0.25, 0.3) is 0 Å². The van der Waals surface area contributed by atoms with Gasteiger partial charge in [-0.05, 0) is 55.8 Å². The number of Topliss-reactive ketones (excluding diaryl/α,β-unsaturated/α-hetero) is 1. The fourth-order valence-electron chi connectivity index (χ4n) is 1.91. The van der Waals surface area contributed by atoms with Gasteiger partial charge in [-0.2, -0.15) is 0 Å². The third-order valence-electron chi connectivity index (χ3n) is 3.16. The minimum atomic E-state index is -3.71. The number of ketones is 1. The molecule has 0 radical (unpaired) electrons. The summed E-state index contributed by atoms with van der Waals surface area (Å²) in [6.45, 7) is 3.11. The zero-order valence-electron chi connectivity index (χ0n) is 11.8. The number of rotatable bonds is 4. The molecule has 6 heteroatoms. The van der Waals surface area contributed by atoms with E-state index in [0.29, 0.717) is 22.5 Å². The number of carbonyl (C=O) groups is 1. The average Bonchev–Trinajstić information content (AvgIpc) is 2.41. The highest BCUT2D eigenvalue weighted by Gasteiger charge is 2.18. The number of nitrogen functional groups attached to an aromatic ring is 1. The predicted molar refractivity (Wildman–Crippen MR) is 82.8 cm³/mol. The zero-order chi connectivity index (χ0) is 15.6. The highest BCUT2D eigenvalue weighted by Crippen LogP contribution is 2.23. The molecule has 110 valence electrons. The largest absolute Gasteiger partial charge is 0.398 e. The molecule has 0 aliphatic rings. The first-order chi connectivity index (χ1) is 9.81. The van der Waals surface area contributed by atoms with Crippen molar-refractivity contribution in [2.75, 3.05) is 10.5 Å². The van der Waals surface area contributed by atoms with E-state index in [9.17, 15) is 13.2 Å². The summed E-state index contributed by atoms with van der Waals surface area (Å²) in [6.07, 6.45) is 0. The zero-order valence-corrected chi connectivity index (χ0v) is 12.6. The van der Waals surface area contributed by atoms with Gasteiger partial charge in [0.2, 0.25) is 0 Å². The summed E-state index contributed by atoms with van der Waals surface area (Å²) >= 11 is 0. The average molecular weight is 304 g/mol. The molecule has 0 saturated heterocycles. The van der Waals surface area contributed by atoms with E-state index in [4.69, 9.17) is 5.73 Å². The van der Waals surface area contributed by atoms with Crippen molar-refractivity contribution in [3.05, 3.63) is 53.6 Å². The molecule has 0 aliphatic carbocycles. The Labute approximate surface area is 123 Å². The summed E-state index contributed by atoms with van der Waals surface area (Å²) in [5.74, 6) is -0.0731. The fourth-order valence-corrected chi connectivity index (χ4v) is 3.24. The molecule has 2 rings (SSSR count). The lowest BCUT2D eigenvalue weighted by atomic mass is 10.1. The highest BCUT2D eigenvalue weighted by molar-refractivity contribution is 7.92. The van der Waals surface area contributed by atoms with Crippen LogP contribution < -0.4 is 10.5 Å². The van der Waals surface area contributed by atoms with Crippen LogP contribution in [0.15, 0.2) is 47.4 Å². The van der Waals surface area contributed by atoms with E-state index < -0.39 is 10.0 Å². The fraction of sp³-hybridized carbons (Fsp3) is 0.133. The van der Waals surface area contributed by atoms with Gasteiger partial charge in [0, 0.05) is 16.9 Å². The number of hydrogen-bond donors (Lipinski definition) is 2. The third-order valence-corrected chi connectivity index (χ3v) is 4.68. The maximum atomic E-state index is 12.4. The Bertz CT molecular complexity index is 781. The molecule has 3 N–H and O–H groups in total. The molecule has 2 aromatic carbocycles. The summed E-state index contributed by atoms with van der Waals surface area (Å²) < 4.78 is 27.2. The minimum absolute atomic E-state index is 0.0731. The lowest BCUT2D eigenvalue weighted by Crippen LogP contribution is -2.15. The first-order valence-electron chi connectivity index (χ1n) is 6.30. The van der Waals surface area contributed by atoms with Crippen LogP contribution in [-0.4, -0.2) is 14.2 Å². The highest BCUT2D eigenvalue weighted by atomic mass is 32.2. The Kier molecular flexibility index (Phi) is 3.99. The SMILES string of the molecule is CC(=O)c1ccc(NS(=O)(=O)c2cccc(N)c2C)cc1. The normalized spacial score (nSPS) is 11.1. The first kappa shape index (κ1) is 15.1. The van der Waals surface area contributed by atoms with Crippen LogP contribution >= 0.6 is 0 Å². The van der Waals surface area contributed by atoms with Crippen molar-refractivity contribution >= 4 is 27.2 Å².